The Morgan fingerprint density at radius 1 is 0.939 bits per heavy atom. The number of ether oxygens (including phenoxy) is 2. The van der Waals surface area contributed by atoms with Gasteiger partial charge in [0.1, 0.15) is 17.2 Å². The molecule has 1 amide bonds. The van der Waals surface area contributed by atoms with Gasteiger partial charge in [-0.1, -0.05) is 12.5 Å². The van der Waals surface area contributed by atoms with Crippen LogP contribution in [0, 0.1) is 0 Å². The van der Waals surface area contributed by atoms with Crippen LogP contribution >= 0.6 is 0 Å². The molecule has 2 fully saturated rings. The zero-order valence-electron chi connectivity index (χ0n) is 19.8. The normalized spacial score (nSPS) is 18.1. The summed E-state index contributed by atoms with van der Waals surface area (Å²) >= 11 is 0. The van der Waals surface area contributed by atoms with E-state index in [9.17, 15) is 4.79 Å². The summed E-state index contributed by atoms with van der Waals surface area (Å²) in [7, 11) is 1.63. The third-order valence-electron chi connectivity index (χ3n) is 6.79. The lowest BCUT2D eigenvalue weighted by Gasteiger charge is -2.40. The monoisotopic (exact) mass is 451 g/mol. The zero-order valence-corrected chi connectivity index (χ0v) is 19.8. The van der Waals surface area contributed by atoms with Gasteiger partial charge in [-0.2, -0.15) is 0 Å². The molecule has 33 heavy (non-hydrogen) atoms. The molecule has 0 aromatic heterocycles. The highest BCUT2D eigenvalue weighted by Crippen LogP contribution is 2.25. The number of piperidine rings is 2. The second kappa shape index (κ2) is 12.1. The van der Waals surface area contributed by atoms with E-state index in [1.807, 2.05) is 36.4 Å². The second-order valence-electron chi connectivity index (χ2n) is 9.08. The van der Waals surface area contributed by atoms with Crippen LogP contribution in [0.3, 0.4) is 0 Å². The fourth-order valence-corrected chi connectivity index (χ4v) is 4.87. The number of carbonyl (C=O) groups excluding carboxylic acids is 1. The van der Waals surface area contributed by atoms with Crippen molar-refractivity contribution in [3.63, 3.8) is 0 Å². The lowest BCUT2D eigenvalue weighted by molar-refractivity contribution is 0.0903. The fraction of sp³-hybridized carbons (Fsp3) is 0.519. The topological polar surface area (TPSA) is 54.0 Å². The van der Waals surface area contributed by atoms with Crippen molar-refractivity contribution in [2.75, 3.05) is 46.4 Å². The molecular weight excluding hydrogens is 414 g/mol. The molecular formula is C27H37N3O3. The number of hydrogen-bond donors (Lipinski definition) is 1. The fourth-order valence-electron chi connectivity index (χ4n) is 4.87. The Morgan fingerprint density at radius 2 is 1.67 bits per heavy atom. The molecule has 0 saturated carbocycles. The Morgan fingerprint density at radius 3 is 2.39 bits per heavy atom. The summed E-state index contributed by atoms with van der Waals surface area (Å²) in [6.07, 6.45) is 7.71. The smallest absolute Gasteiger partial charge is 0.251 e. The van der Waals surface area contributed by atoms with Crippen molar-refractivity contribution in [1.82, 2.24) is 15.1 Å². The molecule has 6 nitrogen and oxygen atoms in total. The van der Waals surface area contributed by atoms with Crippen molar-refractivity contribution in [2.45, 2.75) is 44.6 Å². The lowest BCUT2D eigenvalue weighted by Crippen LogP contribution is -2.47. The summed E-state index contributed by atoms with van der Waals surface area (Å²) in [4.78, 5) is 17.7. The summed E-state index contributed by atoms with van der Waals surface area (Å²) in [5.74, 6) is 2.10. The number of likely N-dealkylation sites (tertiary alicyclic amines) is 2. The first kappa shape index (κ1) is 23.6. The predicted molar refractivity (Wildman–Crippen MR) is 131 cm³/mol. The van der Waals surface area contributed by atoms with Crippen LogP contribution in [0.4, 0.5) is 0 Å². The number of amides is 1. The molecule has 178 valence electrons. The van der Waals surface area contributed by atoms with E-state index in [4.69, 9.17) is 9.47 Å². The molecule has 4 rings (SSSR count). The van der Waals surface area contributed by atoms with Gasteiger partial charge in [-0.25, -0.2) is 0 Å². The molecule has 2 saturated heterocycles. The molecule has 2 aliphatic rings. The minimum absolute atomic E-state index is 0.0354. The maximum atomic E-state index is 12.5. The van der Waals surface area contributed by atoms with E-state index in [0.717, 1.165) is 24.8 Å². The minimum atomic E-state index is -0.0354. The summed E-state index contributed by atoms with van der Waals surface area (Å²) in [5.41, 5.74) is 0.648. The molecule has 2 aliphatic heterocycles. The number of carbonyl (C=O) groups is 1. The average Bonchev–Trinajstić information content (AvgIpc) is 2.88. The number of benzene rings is 2. The summed E-state index contributed by atoms with van der Waals surface area (Å²) < 4.78 is 11.1. The number of hydrogen-bond acceptors (Lipinski definition) is 5. The molecule has 6 heteroatoms. The molecule has 1 N–H and O–H groups in total. The van der Waals surface area contributed by atoms with Crippen LogP contribution in [-0.2, 0) is 0 Å². The van der Waals surface area contributed by atoms with E-state index >= 15 is 0 Å². The SMILES string of the molecule is COc1cccc(Oc2ccc(C(=O)NCCCN3CCC(N4CCCCC4)CC3)cc2)c1. The first-order chi connectivity index (χ1) is 16.2. The van der Waals surface area contributed by atoms with Crippen molar-refractivity contribution >= 4 is 5.91 Å². The quantitative estimate of drug-likeness (QED) is 0.567. The van der Waals surface area contributed by atoms with Gasteiger partial charge < -0.3 is 24.6 Å². The zero-order chi connectivity index (χ0) is 22.9. The van der Waals surface area contributed by atoms with Crippen molar-refractivity contribution in [3.05, 3.63) is 54.1 Å². The Hall–Kier alpha value is -2.57. The van der Waals surface area contributed by atoms with Gasteiger partial charge in [0.2, 0.25) is 0 Å². The highest BCUT2D eigenvalue weighted by molar-refractivity contribution is 5.94. The Labute approximate surface area is 197 Å². The lowest BCUT2D eigenvalue weighted by atomic mass is 10.00. The highest BCUT2D eigenvalue weighted by atomic mass is 16.5. The number of rotatable bonds is 9. The molecule has 0 atom stereocenters. The molecule has 0 radical (unpaired) electrons. The van der Waals surface area contributed by atoms with E-state index in [1.165, 1.54) is 58.3 Å². The number of nitrogens with zero attached hydrogens (tertiary/aromatic N) is 2. The van der Waals surface area contributed by atoms with E-state index < -0.39 is 0 Å². The molecule has 0 unspecified atom stereocenters. The predicted octanol–water partition coefficient (Wildman–Crippen LogP) is 4.56. The van der Waals surface area contributed by atoms with Gasteiger partial charge in [-0.05, 0) is 101 Å². The van der Waals surface area contributed by atoms with Crippen LogP contribution in [0.1, 0.15) is 48.9 Å². The average molecular weight is 452 g/mol. The number of methoxy groups -OCH3 is 1. The van der Waals surface area contributed by atoms with Gasteiger partial charge in [-0.15, -0.1) is 0 Å². The maximum absolute atomic E-state index is 12.5. The molecule has 2 aromatic carbocycles. The van der Waals surface area contributed by atoms with Gasteiger partial charge in [-0.3, -0.25) is 4.79 Å². The Bertz CT molecular complexity index is 872. The van der Waals surface area contributed by atoms with Crippen LogP contribution in [0.5, 0.6) is 17.2 Å². The molecule has 2 aromatic rings. The molecule has 0 spiro atoms. The first-order valence-electron chi connectivity index (χ1n) is 12.4. The van der Waals surface area contributed by atoms with E-state index in [2.05, 4.69) is 15.1 Å². The van der Waals surface area contributed by atoms with Gasteiger partial charge in [0.25, 0.3) is 5.91 Å². The Kier molecular flexibility index (Phi) is 8.61. The highest BCUT2D eigenvalue weighted by Gasteiger charge is 2.25. The third kappa shape index (κ3) is 6.95. The minimum Gasteiger partial charge on any atom is -0.497 e. The van der Waals surface area contributed by atoms with Crippen molar-refractivity contribution in [1.29, 1.82) is 0 Å². The van der Waals surface area contributed by atoms with E-state index in [1.54, 1.807) is 19.2 Å². The summed E-state index contributed by atoms with van der Waals surface area (Å²) in [6, 6.07) is 15.5. The third-order valence-corrected chi connectivity index (χ3v) is 6.79. The van der Waals surface area contributed by atoms with E-state index in [0.29, 0.717) is 23.6 Å². The van der Waals surface area contributed by atoms with Gasteiger partial charge >= 0.3 is 0 Å². The van der Waals surface area contributed by atoms with Crippen LogP contribution in [0.15, 0.2) is 48.5 Å². The van der Waals surface area contributed by atoms with Crippen molar-refractivity contribution in [2.24, 2.45) is 0 Å². The van der Waals surface area contributed by atoms with Crippen molar-refractivity contribution in [3.8, 4) is 17.2 Å². The molecule has 0 bridgehead atoms. The second-order valence-corrected chi connectivity index (χ2v) is 9.08. The number of nitrogens with one attached hydrogen (secondary N) is 1. The summed E-state index contributed by atoms with van der Waals surface area (Å²) in [5, 5.41) is 3.05. The van der Waals surface area contributed by atoms with Crippen LogP contribution in [0.2, 0.25) is 0 Å². The van der Waals surface area contributed by atoms with Crippen LogP contribution < -0.4 is 14.8 Å². The van der Waals surface area contributed by atoms with E-state index in [-0.39, 0.29) is 5.91 Å². The molecule has 2 heterocycles. The van der Waals surface area contributed by atoms with Gasteiger partial charge in [0.05, 0.1) is 7.11 Å². The van der Waals surface area contributed by atoms with Gasteiger partial charge in [0, 0.05) is 24.2 Å². The summed E-state index contributed by atoms with van der Waals surface area (Å²) in [6.45, 7) is 6.72. The van der Waals surface area contributed by atoms with Gasteiger partial charge in [0.15, 0.2) is 0 Å². The maximum Gasteiger partial charge on any atom is 0.251 e. The standard InChI is InChI=1S/C27H37N3O3/c1-32-25-7-5-8-26(21-25)33-24-11-9-22(10-12-24)27(31)28-15-6-16-29-19-13-23(14-20-29)30-17-3-2-4-18-30/h5,7-12,21,23H,2-4,6,13-20H2,1H3,(H,28,31). The Balaban J connectivity index is 1.14. The largest absolute Gasteiger partial charge is 0.497 e. The van der Waals surface area contributed by atoms with Crippen LogP contribution in [-0.4, -0.2) is 68.1 Å². The van der Waals surface area contributed by atoms with Crippen LogP contribution in [0.25, 0.3) is 0 Å². The molecule has 0 aliphatic carbocycles. The van der Waals surface area contributed by atoms with Crippen molar-refractivity contribution < 1.29 is 14.3 Å². The first-order valence-corrected chi connectivity index (χ1v) is 12.4.